The van der Waals surface area contributed by atoms with Crippen LogP contribution in [-0.2, 0) is 18.9 Å². The molecule has 4 aliphatic carbocycles. The molecule has 4 fully saturated rings. The first-order valence-electron chi connectivity index (χ1n) is 7.85. The first kappa shape index (κ1) is 17.9. The van der Waals surface area contributed by atoms with Crippen molar-refractivity contribution >= 4 is 24.4 Å². The highest BCUT2D eigenvalue weighted by molar-refractivity contribution is 5.68. The summed E-state index contributed by atoms with van der Waals surface area (Å²) in [5.74, 6) is 0. The Kier molecular flexibility index (Phi) is 3.64. The van der Waals surface area contributed by atoms with Crippen LogP contribution in [0.1, 0.15) is 38.5 Å². The van der Waals surface area contributed by atoms with Gasteiger partial charge >= 0.3 is 24.4 Å². The Morgan fingerprint density at radius 1 is 0.462 bits per heavy atom. The van der Waals surface area contributed by atoms with E-state index < -0.39 is 46.8 Å². The molecule has 0 aromatic rings. The summed E-state index contributed by atoms with van der Waals surface area (Å²) in [7, 11) is 0. The minimum Gasteiger partial charge on any atom is -0.443 e. The Labute approximate surface area is 147 Å². The fraction of sp³-hybridized carbons (Fsp3) is 0.714. The Balaban J connectivity index is 2.10. The highest BCUT2D eigenvalue weighted by Crippen LogP contribution is 2.65. The maximum absolute atomic E-state index is 11.5. The molecule has 144 valence electrons. The van der Waals surface area contributed by atoms with Crippen LogP contribution in [0, 0.1) is 0 Å². The van der Waals surface area contributed by atoms with Crippen molar-refractivity contribution in [1.82, 2.24) is 0 Å². The molecule has 4 amide bonds. The maximum atomic E-state index is 11.5. The van der Waals surface area contributed by atoms with Gasteiger partial charge in [-0.25, -0.2) is 19.2 Å². The van der Waals surface area contributed by atoms with Crippen molar-refractivity contribution in [3.05, 3.63) is 0 Å². The Bertz CT molecular complexity index is 543. The van der Waals surface area contributed by atoms with Gasteiger partial charge in [-0.1, -0.05) is 0 Å². The molecule has 0 heterocycles. The number of ether oxygens (including phenoxy) is 4. The predicted octanol–water partition coefficient (Wildman–Crippen LogP) is -0.296. The SMILES string of the molecule is NC(=O)OC12CC3(OC(N)=O)CC(OC(N)=O)(C1)CC(OC(N)=O)(C2)C3. The van der Waals surface area contributed by atoms with Crippen LogP contribution in [0.25, 0.3) is 0 Å². The van der Waals surface area contributed by atoms with E-state index in [1.165, 1.54) is 0 Å². The molecular weight excluding hydrogens is 352 g/mol. The van der Waals surface area contributed by atoms with E-state index in [9.17, 15) is 19.2 Å². The van der Waals surface area contributed by atoms with Crippen molar-refractivity contribution in [1.29, 1.82) is 0 Å². The normalized spacial score (nSPS) is 39.7. The molecule has 4 aliphatic rings. The summed E-state index contributed by atoms with van der Waals surface area (Å²) in [6.45, 7) is 0. The largest absolute Gasteiger partial charge is 0.443 e. The minimum absolute atomic E-state index is 0.0552. The van der Waals surface area contributed by atoms with Gasteiger partial charge in [0.05, 0.1) is 0 Å². The van der Waals surface area contributed by atoms with E-state index in [-0.39, 0.29) is 38.5 Å². The van der Waals surface area contributed by atoms with E-state index >= 15 is 0 Å². The third-order valence-corrected chi connectivity index (χ3v) is 5.13. The minimum atomic E-state index is -1.30. The lowest BCUT2D eigenvalue weighted by atomic mass is 9.48. The van der Waals surface area contributed by atoms with E-state index in [0.29, 0.717) is 0 Å². The molecule has 4 bridgehead atoms. The monoisotopic (exact) mass is 372 g/mol. The van der Waals surface area contributed by atoms with E-state index in [2.05, 4.69) is 0 Å². The molecule has 4 saturated carbocycles. The number of carbonyl (C=O) groups is 4. The van der Waals surface area contributed by atoms with Gasteiger partial charge < -0.3 is 41.9 Å². The van der Waals surface area contributed by atoms with Gasteiger partial charge in [-0.15, -0.1) is 0 Å². The number of carbonyl (C=O) groups excluding carboxylic acids is 4. The summed E-state index contributed by atoms with van der Waals surface area (Å²) < 4.78 is 21.3. The summed E-state index contributed by atoms with van der Waals surface area (Å²) in [5, 5.41) is 0. The molecule has 0 aromatic heterocycles. The first-order valence-corrected chi connectivity index (χ1v) is 7.85. The summed E-state index contributed by atoms with van der Waals surface area (Å²) in [6.07, 6.45) is -3.99. The average Bonchev–Trinajstić information content (AvgIpc) is 2.28. The first-order chi connectivity index (χ1) is 11.9. The zero-order chi connectivity index (χ0) is 19.4. The van der Waals surface area contributed by atoms with Crippen LogP contribution in [0.3, 0.4) is 0 Å². The van der Waals surface area contributed by atoms with Gasteiger partial charge in [0.2, 0.25) is 0 Å². The van der Waals surface area contributed by atoms with E-state index in [1.807, 2.05) is 0 Å². The van der Waals surface area contributed by atoms with Gasteiger partial charge in [0.15, 0.2) is 0 Å². The average molecular weight is 372 g/mol. The van der Waals surface area contributed by atoms with Crippen molar-refractivity contribution in [3.63, 3.8) is 0 Å². The third kappa shape index (κ3) is 3.02. The van der Waals surface area contributed by atoms with Gasteiger partial charge in [-0.2, -0.15) is 0 Å². The maximum Gasteiger partial charge on any atom is 0.405 e. The van der Waals surface area contributed by atoms with E-state index in [1.54, 1.807) is 0 Å². The number of amides is 4. The number of hydrogen-bond acceptors (Lipinski definition) is 8. The number of rotatable bonds is 4. The van der Waals surface area contributed by atoms with Crippen LogP contribution in [0.5, 0.6) is 0 Å². The van der Waals surface area contributed by atoms with Crippen molar-refractivity contribution < 1.29 is 38.1 Å². The van der Waals surface area contributed by atoms with E-state index in [4.69, 9.17) is 41.9 Å². The van der Waals surface area contributed by atoms with Crippen molar-refractivity contribution in [3.8, 4) is 0 Å². The zero-order valence-corrected chi connectivity index (χ0v) is 13.8. The summed E-state index contributed by atoms with van der Waals surface area (Å²) in [4.78, 5) is 45.9. The molecule has 0 unspecified atom stereocenters. The van der Waals surface area contributed by atoms with Gasteiger partial charge in [0.25, 0.3) is 0 Å². The Morgan fingerprint density at radius 2 is 0.615 bits per heavy atom. The molecule has 0 spiro atoms. The van der Waals surface area contributed by atoms with E-state index in [0.717, 1.165) is 0 Å². The number of hydrogen-bond donors (Lipinski definition) is 4. The smallest absolute Gasteiger partial charge is 0.405 e. The van der Waals surface area contributed by atoms with Gasteiger partial charge in [0.1, 0.15) is 22.4 Å². The molecule has 12 heteroatoms. The lowest BCUT2D eigenvalue weighted by Gasteiger charge is -2.66. The standard InChI is InChI=1S/C14H20N4O8/c15-7(19)23-11-1-12(24-8(16)20)4-13(2-11,25-9(17)21)6-14(3-11,5-12)26-10(18)22/h1-6H2,(H2,15,19)(H2,16,20)(H2,17,21)(H2,18,22). The zero-order valence-electron chi connectivity index (χ0n) is 13.8. The second-order valence-corrected chi connectivity index (χ2v) is 7.48. The molecule has 12 nitrogen and oxygen atoms in total. The third-order valence-electron chi connectivity index (χ3n) is 5.13. The van der Waals surface area contributed by atoms with Gasteiger partial charge in [-0.05, 0) is 0 Å². The predicted molar refractivity (Wildman–Crippen MR) is 81.3 cm³/mol. The number of primary amides is 4. The van der Waals surface area contributed by atoms with Crippen molar-refractivity contribution in [2.45, 2.75) is 60.9 Å². The Morgan fingerprint density at radius 3 is 0.731 bits per heavy atom. The Hall–Kier alpha value is -2.92. The molecule has 0 radical (unpaired) electrons. The molecule has 0 aliphatic heterocycles. The lowest BCUT2D eigenvalue weighted by Crippen LogP contribution is -2.75. The second kappa shape index (κ2) is 5.29. The van der Waals surface area contributed by atoms with Crippen LogP contribution in [0.2, 0.25) is 0 Å². The molecule has 4 rings (SSSR count). The lowest BCUT2D eigenvalue weighted by molar-refractivity contribution is -0.290. The topological polar surface area (TPSA) is 209 Å². The van der Waals surface area contributed by atoms with Crippen LogP contribution >= 0.6 is 0 Å². The second-order valence-electron chi connectivity index (χ2n) is 7.48. The summed E-state index contributed by atoms with van der Waals surface area (Å²) in [5.41, 5.74) is 15.5. The summed E-state index contributed by atoms with van der Waals surface area (Å²) >= 11 is 0. The molecular formula is C14H20N4O8. The quantitative estimate of drug-likeness (QED) is 0.480. The highest BCUT2D eigenvalue weighted by atomic mass is 16.6. The van der Waals surface area contributed by atoms with Crippen LogP contribution in [0.15, 0.2) is 0 Å². The molecule has 0 aromatic carbocycles. The van der Waals surface area contributed by atoms with Crippen molar-refractivity contribution in [2.24, 2.45) is 22.9 Å². The summed E-state index contributed by atoms with van der Waals surface area (Å²) in [6, 6.07) is 0. The van der Waals surface area contributed by atoms with Crippen LogP contribution in [0.4, 0.5) is 19.2 Å². The number of nitrogens with two attached hydrogens (primary N) is 4. The molecule has 8 N–H and O–H groups in total. The molecule has 26 heavy (non-hydrogen) atoms. The van der Waals surface area contributed by atoms with Crippen LogP contribution in [-0.4, -0.2) is 46.8 Å². The fourth-order valence-corrected chi connectivity index (χ4v) is 5.56. The van der Waals surface area contributed by atoms with Crippen LogP contribution < -0.4 is 22.9 Å². The van der Waals surface area contributed by atoms with Gasteiger partial charge in [0, 0.05) is 38.5 Å². The highest BCUT2D eigenvalue weighted by Gasteiger charge is 2.74. The fourth-order valence-electron chi connectivity index (χ4n) is 5.56. The molecule has 0 saturated heterocycles. The van der Waals surface area contributed by atoms with Gasteiger partial charge in [-0.3, -0.25) is 0 Å². The molecule has 0 atom stereocenters. The van der Waals surface area contributed by atoms with Crippen molar-refractivity contribution in [2.75, 3.05) is 0 Å².